The highest BCUT2D eigenvalue weighted by Gasteiger charge is 2.15. The standard InChI is InChI=1S/C20H20N4O5S/c1-21-30(27,28)16-9-7-14(8-10-16)12-22-19(25)13-23-20(26)17-11-18(29-24-17)15-5-3-2-4-6-15/h2-11,21H,12-13H2,1H3,(H,22,25)(H,23,26). The van der Waals surface area contributed by atoms with Gasteiger partial charge in [-0.05, 0) is 24.7 Å². The molecule has 2 amide bonds. The molecule has 0 saturated carbocycles. The van der Waals surface area contributed by atoms with Gasteiger partial charge < -0.3 is 15.2 Å². The van der Waals surface area contributed by atoms with Crippen molar-refractivity contribution in [1.82, 2.24) is 20.5 Å². The third-order valence-corrected chi connectivity index (χ3v) is 5.63. The Balaban J connectivity index is 1.48. The van der Waals surface area contributed by atoms with Crippen LogP contribution in [0.4, 0.5) is 0 Å². The minimum absolute atomic E-state index is 0.0722. The van der Waals surface area contributed by atoms with E-state index in [1.54, 1.807) is 12.1 Å². The van der Waals surface area contributed by atoms with Crippen LogP contribution in [-0.4, -0.2) is 39.0 Å². The summed E-state index contributed by atoms with van der Waals surface area (Å²) in [6.07, 6.45) is 0. The lowest BCUT2D eigenvalue weighted by Crippen LogP contribution is -2.36. The fourth-order valence-corrected chi connectivity index (χ4v) is 3.27. The lowest BCUT2D eigenvalue weighted by molar-refractivity contribution is -0.120. The molecule has 0 aliphatic carbocycles. The molecule has 3 N–H and O–H groups in total. The molecule has 0 atom stereocenters. The fourth-order valence-electron chi connectivity index (χ4n) is 2.54. The van der Waals surface area contributed by atoms with E-state index < -0.39 is 21.8 Å². The lowest BCUT2D eigenvalue weighted by atomic mass is 10.1. The van der Waals surface area contributed by atoms with E-state index in [0.717, 1.165) is 5.56 Å². The van der Waals surface area contributed by atoms with Gasteiger partial charge in [-0.2, -0.15) is 0 Å². The van der Waals surface area contributed by atoms with Gasteiger partial charge in [-0.3, -0.25) is 9.59 Å². The fraction of sp³-hybridized carbons (Fsp3) is 0.150. The van der Waals surface area contributed by atoms with Crippen LogP contribution < -0.4 is 15.4 Å². The summed E-state index contributed by atoms with van der Waals surface area (Å²) < 4.78 is 30.8. The average Bonchev–Trinajstić information content (AvgIpc) is 3.27. The Bertz CT molecular complexity index is 1130. The molecular weight excluding hydrogens is 408 g/mol. The summed E-state index contributed by atoms with van der Waals surface area (Å²) in [5, 5.41) is 8.85. The molecule has 156 valence electrons. The van der Waals surface area contributed by atoms with Gasteiger partial charge in [0.05, 0.1) is 11.4 Å². The third-order valence-electron chi connectivity index (χ3n) is 4.20. The number of nitrogens with zero attached hydrogens (tertiary/aromatic N) is 1. The molecule has 0 aliphatic rings. The molecule has 0 aliphatic heterocycles. The smallest absolute Gasteiger partial charge is 0.273 e. The van der Waals surface area contributed by atoms with E-state index in [-0.39, 0.29) is 23.7 Å². The van der Waals surface area contributed by atoms with E-state index >= 15 is 0 Å². The van der Waals surface area contributed by atoms with E-state index in [9.17, 15) is 18.0 Å². The summed E-state index contributed by atoms with van der Waals surface area (Å²) in [5.41, 5.74) is 1.58. The second-order valence-electron chi connectivity index (χ2n) is 6.25. The van der Waals surface area contributed by atoms with E-state index in [1.807, 2.05) is 30.3 Å². The maximum Gasteiger partial charge on any atom is 0.273 e. The highest BCUT2D eigenvalue weighted by atomic mass is 32.2. The molecule has 3 aromatic rings. The Morgan fingerprint density at radius 3 is 2.37 bits per heavy atom. The zero-order valence-electron chi connectivity index (χ0n) is 16.1. The first-order chi connectivity index (χ1) is 14.4. The first-order valence-corrected chi connectivity index (χ1v) is 10.5. The highest BCUT2D eigenvalue weighted by Crippen LogP contribution is 2.19. The maximum atomic E-state index is 12.2. The molecule has 0 fully saturated rings. The number of sulfonamides is 1. The number of carbonyl (C=O) groups excluding carboxylic acids is 2. The Hall–Kier alpha value is -3.50. The van der Waals surface area contributed by atoms with Crippen LogP contribution in [0.2, 0.25) is 0 Å². The normalized spacial score (nSPS) is 11.1. The summed E-state index contributed by atoms with van der Waals surface area (Å²) in [4.78, 5) is 24.3. The molecule has 2 aromatic carbocycles. The lowest BCUT2D eigenvalue weighted by Gasteiger charge is -2.07. The van der Waals surface area contributed by atoms with Crippen LogP contribution in [0.3, 0.4) is 0 Å². The Kier molecular flexibility index (Phi) is 6.60. The molecule has 9 nitrogen and oxygen atoms in total. The Morgan fingerprint density at radius 2 is 1.70 bits per heavy atom. The van der Waals surface area contributed by atoms with Crippen LogP contribution in [0.5, 0.6) is 0 Å². The summed E-state index contributed by atoms with van der Waals surface area (Å²) in [7, 11) is -2.17. The molecule has 30 heavy (non-hydrogen) atoms. The number of nitrogens with one attached hydrogen (secondary N) is 3. The molecule has 0 spiro atoms. The first kappa shape index (κ1) is 21.2. The monoisotopic (exact) mass is 428 g/mol. The number of amides is 2. The van der Waals surface area contributed by atoms with Crippen molar-refractivity contribution < 1.29 is 22.5 Å². The number of rotatable bonds is 8. The van der Waals surface area contributed by atoms with Crippen molar-refractivity contribution in [3.05, 3.63) is 71.9 Å². The summed E-state index contributed by atoms with van der Waals surface area (Å²) in [6, 6.07) is 16.8. The van der Waals surface area contributed by atoms with E-state index in [1.165, 1.54) is 25.2 Å². The van der Waals surface area contributed by atoms with Crippen molar-refractivity contribution in [1.29, 1.82) is 0 Å². The number of benzene rings is 2. The van der Waals surface area contributed by atoms with Gasteiger partial charge >= 0.3 is 0 Å². The van der Waals surface area contributed by atoms with Gasteiger partial charge in [0.1, 0.15) is 0 Å². The number of aromatic nitrogens is 1. The molecular formula is C20H20N4O5S. The topological polar surface area (TPSA) is 130 Å². The average molecular weight is 428 g/mol. The van der Waals surface area contributed by atoms with Crippen LogP contribution in [0.1, 0.15) is 16.1 Å². The minimum Gasteiger partial charge on any atom is -0.355 e. The second kappa shape index (κ2) is 9.33. The summed E-state index contributed by atoms with van der Waals surface area (Å²) >= 11 is 0. The Labute approximate surface area is 173 Å². The zero-order valence-corrected chi connectivity index (χ0v) is 16.9. The van der Waals surface area contributed by atoms with Crippen LogP contribution in [0, 0.1) is 0 Å². The van der Waals surface area contributed by atoms with Crippen molar-refractivity contribution in [3.63, 3.8) is 0 Å². The van der Waals surface area contributed by atoms with Crippen molar-refractivity contribution in [2.45, 2.75) is 11.4 Å². The molecule has 0 unspecified atom stereocenters. The van der Waals surface area contributed by atoms with E-state index in [0.29, 0.717) is 11.3 Å². The van der Waals surface area contributed by atoms with Gasteiger partial charge in [-0.15, -0.1) is 0 Å². The number of hydrogen-bond acceptors (Lipinski definition) is 6. The van der Waals surface area contributed by atoms with Gasteiger partial charge in [-0.1, -0.05) is 47.6 Å². The summed E-state index contributed by atoms with van der Waals surface area (Å²) in [5.74, 6) is -0.478. The molecule has 0 radical (unpaired) electrons. The van der Waals surface area contributed by atoms with Gasteiger partial charge in [0.25, 0.3) is 5.91 Å². The van der Waals surface area contributed by atoms with Crippen molar-refractivity contribution in [2.24, 2.45) is 0 Å². The van der Waals surface area contributed by atoms with Gasteiger partial charge in [-0.25, -0.2) is 13.1 Å². The quantitative estimate of drug-likeness (QED) is 0.496. The Morgan fingerprint density at radius 1 is 1.00 bits per heavy atom. The van der Waals surface area contributed by atoms with Crippen molar-refractivity contribution >= 4 is 21.8 Å². The highest BCUT2D eigenvalue weighted by molar-refractivity contribution is 7.89. The predicted octanol–water partition coefficient (Wildman–Crippen LogP) is 1.30. The van der Waals surface area contributed by atoms with E-state index in [2.05, 4.69) is 20.5 Å². The second-order valence-corrected chi connectivity index (χ2v) is 8.14. The van der Waals surface area contributed by atoms with Gasteiger partial charge in [0.15, 0.2) is 11.5 Å². The van der Waals surface area contributed by atoms with Crippen LogP contribution >= 0.6 is 0 Å². The number of hydrogen-bond donors (Lipinski definition) is 3. The van der Waals surface area contributed by atoms with Crippen molar-refractivity contribution in [3.8, 4) is 11.3 Å². The van der Waals surface area contributed by atoms with Crippen LogP contribution in [0.25, 0.3) is 11.3 Å². The molecule has 3 rings (SSSR count). The van der Waals surface area contributed by atoms with Crippen LogP contribution in [-0.2, 0) is 21.4 Å². The molecule has 0 bridgehead atoms. The first-order valence-electron chi connectivity index (χ1n) is 8.98. The third kappa shape index (κ3) is 5.31. The van der Waals surface area contributed by atoms with Crippen molar-refractivity contribution in [2.75, 3.05) is 13.6 Å². The van der Waals surface area contributed by atoms with Gasteiger partial charge in [0.2, 0.25) is 15.9 Å². The SMILES string of the molecule is CNS(=O)(=O)c1ccc(CNC(=O)CNC(=O)c2cc(-c3ccccc3)on2)cc1. The number of carbonyl (C=O) groups is 2. The molecule has 10 heteroatoms. The predicted molar refractivity (Wildman–Crippen MR) is 109 cm³/mol. The summed E-state index contributed by atoms with van der Waals surface area (Å²) in [6.45, 7) is -0.0463. The zero-order chi connectivity index (χ0) is 21.6. The molecule has 0 saturated heterocycles. The largest absolute Gasteiger partial charge is 0.355 e. The van der Waals surface area contributed by atoms with Gasteiger partial charge in [0, 0.05) is 18.2 Å². The maximum absolute atomic E-state index is 12.2. The van der Waals surface area contributed by atoms with E-state index in [4.69, 9.17) is 4.52 Å². The minimum atomic E-state index is -3.51. The molecule has 1 aromatic heterocycles. The van der Waals surface area contributed by atoms with Crippen LogP contribution in [0.15, 0.2) is 70.1 Å². The molecule has 1 heterocycles.